The monoisotopic (exact) mass is 377 g/mol. The molecule has 0 amide bonds. The third-order valence-electron chi connectivity index (χ3n) is 6.52. The highest BCUT2D eigenvalue weighted by atomic mass is 16.5. The predicted octanol–water partition coefficient (Wildman–Crippen LogP) is 5.09. The maximum absolute atomic E-state index is 12.1. The molecule has 0 aromatic heterocycles. The third-order valence-corrected chi connectivity index (χ3v) is 6.52. The maximum Gasteiger partial charge on any atom is 0.310 e. The van der Waals surface area contributed by atoms with Gasteiger partial charge in [0.05, 0.1) is 6.42 Å². The van der Waals surface area contributed by atoms with Crippen LogP contribution in [-0.4, -0.2) is 29.5 Å². The van der Waals surface area contributed by atoms with E-state index >= 15 is 0 Å². The first-order valence-electron chi connectivity index (χ1n) is 10.7. The second-order valence-corrected chi connectivity index (χ2v) is 8.46. The van der Waals surface area contributed by atoms with Gasteiger partial charge >= 0.3 is 5.97 Å². The Bertz CT molecular complexity index is 771. The fourth-order valence-corrected chi connectivity index (χ4v) is 4.92. The zero-order valence-electron chi connectivity index (χ0n) is 16.8. The van der Waals surface area contributed by atoms with E-state index in [1.54, 1.807) is 0 Å². The van der Waals surface area contributed by atoms with Gasteiger partial charge in [0.1, 0.15) is 6.61 Å². The summed E-state index contributed by atoms with van der Waals surface area (Å²) in [6.07, 6.45) is 6.94. The Labute approximate surface area is 168 Å². The number of hydrogen-bond acceptors (Lipinski definition) is 3. The zero-order chi connectivity index (χ0) is 19.3. The Morgan fingerprint density at radius 1 is 1.00 bits per heavy atom. The molecule has 3 atom stereocenters. The van der Waals surface area contributed by atoms with Crippen LogP contribution >= 0.6 is 0 Å². The van der Waals surface area contributed by atoms with E-state index in [0.717, 1.165) is 23.2 Å². The molecule has 28 heavy (non-hydrogen) atoms. The standard InChI is InChI=1S/C25H31NO2/c1-19-6-5-15-26(19)24-14-13-23(17-24)22-11-9-20(10-12-22)16-25(27)28-18-21-7-3-2-4-8-21/h2-4,7-12,19,23-24H,5-6,13-18H2,1H3/t19?,23-,24?/m0/s1. The van der Waals surface area contributed by atoms with E-state index in [2.05, 4.69) is 36.1 Å². The Hall–Kier alpha value is -2.13. The molecular weight excluding hydrogens is 346 g/mol. The summed E-state index contributed by atoms with van der Waals surface area (Å²) >= 11 is 0. The molecule has 2 aromatic carbocycles. The van der Waals surface area contributed by atoms with E-state index in [9.17, 15) is 4.79 Å². The van der Waals surface area contributed by atoms with Crippen LogP contribution in [0.3, 0.4) is 0 Å². The lowest BCUT2D eigenvalue weighted by atomic mass is 9.95. The van der Waals surface area contributed by atoms with Crippen LogP contribution in [0.25, 0.3) is 0 Å². The van der Waals surface area contributed by atoms with E-state index in [1.807, 2.05) is 30.3 Å². The van der Waals surface area contributed by atoms with Gasteiger partial charge in [-0.25, -0.2) is 0 Å². The molecule has 4 rings (SSSR count). The third kappa shape index (κ3) is 4.64. The molecule has 1 saturated heterocycles. The van der Waals surface area contributed by atoms with Crippen molar-refractivity contribution in [2.45, 2.75) is 70.1 Å². The molecule has 3 nitrogen and oxygen atoms in total. The molecule has 0 spiro atoms. The molecule has 1 heterocycles. The van der Waals surface area contributed by atoms with Gasteiger partial charge in [-0.05, 0) is 68.2 Å². The second-order valence-electron chi connectivity index (χ2n) is 8.46. The summed E-state index contributed by atoms with van der Waals surface area (Å²) in [5, 5.41) is 0. The fraction of sp³-hybridized carbons (Fsp3) is 0.480. The van der Waals surface area contributed by atoms with Gasteiger partial charge in [-0.3, -0.25) is 9.69 Å². The number of carbonyl (C=O) groups excluding carboxylic acids is 1. The average Bonchev–Trinajstić information content (AvgIpc) is 3.37. The van der Waals surface area contributed by atoms with Crippen molar-refractivity contribution >= 4 is 5.97 Å². The number of rotatable bonds is 6. The molecule has 1 aliphatic heterocycles. The quantitative estimate of drug-likeness (QED) is 0.657. The van der Waals surface area contributed by atoms with Crippen LogP contribution in [0.2, 0.25) is 0 Å². The second kappa shape index (κ2) is 8.91. The van der Waals surface area contributed by atoms with Gasteiger partial charge in [-0.15, -0.1) is 0 Å². The average molecular weight is 378 g/mol. The minimum absolute atomic E-state index is 0.166. The number of hydrogen-bond donors (Lipinski definition) is 0. The number of benzene rings is 2. The maximum atomic E-state index is 12.1. The van der Waals surface area contributed by atoms with E-state index in [-0.39, 0.29) is 5.97 Å². The van der Waals surface area contributed by atoms with Crippen LogP contribution in [0.1, 0.15) is 61.6 Å². The molecule has 148 valence electrons. The summed E-state index contributed by atoms with van der Waals surface area (Å²) in [5.74, 6) is 0.498. The zero-order valence-corrected chi connectivity index (χ0v) is 16.8. The lowest BCUT2D eigenvalue weighted by Crippen LogP contribution is -2.35. The number of likely N-dealkylation sites (tertiary alicyclic amines) is 1. The minimum Gasteiger partial charge on any atom is -0.461 e. The molecule has 1 saturated carbocycles. The van der Waals surface area contributed by atoms with Crippen molar-refractivity contribution in [2.75, 3.05) is 6.54 Å². The highest BCUT2D eigenvalue weighted by molar-refractivity contribution is 5.72. The predicted molar refractivity (Wildman–Crippen MR) is 112 cm³/mol. The molecule has 3 heteroatoms. The van der Waals surface area contributed by atoms with Crippen molar-refractivity contribution in [1.29, 1.82) is 0 Å². The highest BCUT2D eigenvalue weighted by Crippen LogP contribution is 2.39. The largest absolute Gasteiger partial charge is 0.461 e. The Kier molecular flexibility index (Phi) is 6.11. The summed E-state index contributed by atoms with van der Waals surface area (Å²) in [4.78, 5) is 14.9. The molecule has 2 fully saturated rings. The van der Waals surface area contributed by atoms with Gasteiger partial charge in [-0.2, -0.15) is 0 Å². The molecule has 1 aliphatic carbocycles. The normalized spacial score (nSPS) is 25.1. The van der Waals surface area contributed by atoms with Crippen LogP contribution in [0.15, 0.2) is 54.6 Å². The SMILES string of the molecule is CC1CCCN1C1CC[C@H](c2ccc(CC(=O)OCc3ccccc3)cc2)C1. The molecule has 2 unspecified atom stereocenters. The summed E-state index contributed by atoms with van der Waals surface area (Å²) in [6, 6.07) is 20.0. The van der Waals surface area contributed by atoms with Crippen LogP contribution in [0, 0.1) is 0 Å². The summed E-state index contributed by atoms with van der Waals surface area (Å²) < 4.78 is 5.40. The van der Waals surface area contributed by atoms with Crippen molar-refractivity contribution in [1.82, 2.24) is 4.90 Å². The van der Waals surface area contributed by atoms with Crippen LogP contribution in [0.4, 0.5) is 0 Å². The van der Waals surface area contributed by atoms with E-state index in [0.29, 0.717) is 18.9 Å². The van der Waals surface area contributed by atoms with Crippen molar-refractivity contribution < 1.29 is 9.53 Å². The van der Waals surface area contributed by atoms with Gasteiger partial charge in [0.15, 0.2) is 0 Å². The van der Waals surface area contributed by atoms with Gasteiger partial charge < -0.3 is 4.74 Å². The van der Waals surface area contributed by atoms with E-state index < -0.39 is 0 Å². The molecule has 0 N–H and O–H groups in total. The fourth-order valence-electron chi connectivity index (χ4n) is 4.92. The van der Waals surface area contributed by atoms with E-state index in [1.165, 1.54) is 44.2 Å². The van der Waals surface area contributed by atoms with Gasteiger partial charge in [0, 0.05) is 12.1 Å². The molecule has 0 bridgehead atoms. The lowest BCUT2D eigenvalue weighted by molar-refractivity contribution is -0.144. The smallest absolute Gasteiger partial charge is 0.310 e. The van der Waals surface area contributed by atoms with Crippen LogP contribution in [-0.2, 0) is 22.6 Å². The van der Waals surface area contributed by atoms with Crippen molar-refractivity contribution in [3.05, 3.63) is 71.3 Å². The van der Waals surface area contributed by atoms with Gasteiger partial charge in [-0.1, -0.05) is 54.6 Å². The number of nitrogens with zero attached hydrogens (tertiary/aromatic N) is 1. The number of ether oxygens (including phenoxy) is 1. The topological polar surface area (TPSA) is 29.5 Å². The Morgan fingerprint density at radius 3 is 2.50 bits per heavy atom. The molecular formula is C25H31NO2. The van der Waals surface area contributed by atoms with Crippen LogP contribution in [0.5, 0.6) is 0 Å². The van der Waals surface area contributed by atoms with Crippen molar-refractivity contribution in [2.24, 2.45) is 0 Å². The Balaban J connectivity index is 1.27. The van der Waals surface area contributed by atoms with Gasteiger partial charge in [0.25, 0.3) is 0 Å². The van der Waals surface area contributed by atoms with Crippen molar-refractivity contribution in [3.8, 4) is 0 Å². The first-order valence-corrected chi connectivity index (χ1v) is 10.7. The number of carbonyl (C=O) groups is 1. The van der Waals surface area contributed by atoms with E-state index in [4.69, 9.17) is 4.74 Å². The minimum atomic E-state index is -0.166. The number of esters is 1. The highest BCUT2D eigenvalue weighted by Gasteiger charge is 2.34. The van der Waals surface area contributed by atoms with Gasteiger partial charge in [0.2, 0.25) is 0 Å². The summed E-state index contributed by atoms with van der Waals surface area (Å²) in [7, 11) is 0. The molecule has 2 aliphatic rings. The lowest BCUT2D eigenvalue weighted by Gasteiger charge is -2.28. The molecule has 0 radical (unpaired) electrons. The summed E-state index contributed by atoms with van der Waals surface area (Å²) in [6.45, 7) is 4.00. The first kappa shape index (κ1) is 19.2. The molecule has 2 aromatic rings. The first-order chi connectivity index (χ1) is 13.7. The summed E-state index contributed by atoms with van der Waals surface area (Å²) in [5.41, 5.74) is 3.48. The Morgan fingerprint density at radius 2 is 1.79 bits per heavy atom. The van der Waals surface area contributed by atoms with Crippen LogP contribution < -0.4 is 0 Å². The van der Waals surface area contributed by atoms with Crippen molar-refractivity contribution in [3.63, 3.8) is 0 Å².